The predicted octanol–water partition coefficient (Wildman–Crippen LogP) is 2.45. The van der Waals surface area contributed by atoms with Crippen molar-refractivity contribution < 1.29 is 14.3 Å². The molecule has 0 aromatic rings. The van der Waals surface area contributed by atoms with Crippen LogP contribution in [0.2, 0.25) is 0 Å². The van der Waals surface area contributed by atoms with Gasteiger partial charge in [-0.05, 0) is 32.1 Å². The zero-order valence-electron chi connectivity index (χ0n) is 19.0. The Hall–Kier alpha value is -1.99. The third-order valence-electron chi connectivity index (χ3n) is 5.33. The predicted molar refractivity (Wildman–Crippen MR) is 117 cm³/mol. The van der Waals surface area contributed by atoms with Crippen molar-refractivity contribution in [3.8, 4) is 0 Å². The van der Waals surface area contributed by atoms with E-state index in [9.17, 15) is 9.59 Å². The van der Waals surface area contributed by atoms with Crippen molar-refractivity contribution in [3.63, 3.8) is 0 Å². The third kappa shape index (κ3) is 9.85. The first kappa shape index (κ1) is 25.0. The van der Waals surface area contributed by atoms with Gasteiger partial charge in [-0.2, -0.15) is 0 Å². The van der Waals surface area contributed by atoms with E-state index in [4.69, 9.17) is 4.74 Å². The van der Waals surface area contributed by atoms with Gasteiger partial charge in [0.1, 0.15) is 6.54 Å². The summed E-state index contributed by atoms with van der Waals surface area (Å²) < 4.78 is 5.08. The Morgan fingerprint density at radius 2 is 1.90 bits per heavy atom. The topological polar surface area (TPSA) is 86.3 Å². The van der Waals surface area contributed by atoms with E-state index < -0.39 is 0 Å². The molecule has 0 spiro atoms. The largest absolute Gasteiger partial charge is 0.450 e. The Morgan fingerprint density at radius 3 is 2.45 bits per heavy atom. The summed E-state index contributed by atoms with van der Waals surface area (Å²) in [4.78, 5) is 31.6. The molecule has 1 unspecified atom stereocenters. The number of hydrogen-bond acceptors (Lipinski definition) is 4. The first-order valence-electron chi connectivity index (χ1n) is 11.1. The first-order chi connectivity index (χ1) is 13.9. The van der Waals surface area contributed by atoms with Crippen LogP contribution in [0.4, 0.5) is 4.79 Å². The molecule has 0 radical (unpaired) electrons. The van der Waals surface area contributed by atoms with E-state index in [0.717, 1.165) is 25.8 Å². The van der Waals surface area contributed by atoms with E-state index in [1.165, 1.54) is 19.3 Å². The number of likely N-dealkylation sites (N-methyl/N-ethyl adjacent to an activating group) is 1. The van der Waals surface area contributed by atoms with Crippen molar-refractivity contribution in [2.45, 2.75) is 65.3 Å². The van der Waals surface area contributed by atoms with Gasteiger partial charge >= 0.3 is 6.09 Å². The minimum atomic E-state index is -0.240. The van der Waals surface area contributed by atoms with Crippen LogP contribution < -0.4 is 10.6 Å². The summed E-state index contributed by atoms with van der Waals surface area (Å²) in [5.41, 5.74) is 0. The lowest BCUT2D eigenvalue weighted by atomic mass is 9.99. The Bertz CT molecular complexity index is 516. The van der Waals surface area contributed by atoms with Gasteiger partial charge in [0.2, 0.25) is 5.91 Å². The lowest BCUT2D eigenvalue weighted by molar-refractivity contribution is -0.127. The molecule has 1 fully saturated rings. The Labute approximate surface area is 176 Å². The average Bonchev–Trinajstić information content (AvgIpc) is 2.72. The number of guanidine groups is 1. The maximum Gasteiger partial charge on any atom is 0.409 e. The molecule has 0 bridgehead atoms. The lowest BCUT2D eigenvalue weighted by Gasteiger charge is -2.32. The van der Waals surface area contributed by atoms with E-state index in [-0.39, 0.29) is 24.6 Å². The van der Waals surface area contributed by atoms with Gasteiger partial charge in [-0.15, -0.1) is 0 Å². The minimum Gasteiger partial charge on any atom is -0.450 e. The van der Waals surface area contributed by atoms with E-state index in [2.05, 4.69) is 29.5 Å². The number of carbonyl (C=O) groups excluding carboxylic acids is 2. The standard InChI is InChI=1S/C21H41N5O3/c1-6-9-10-17(7-2)15-22-20(23-16-19(27)25(4)5)24-18-11-13-26(14-12-18)21(28)29-8-3/h17-18H,6-16H2,1-5H3,(H2,22,23,24). The van der Waals surface area contributed by atoms with Crippen LogP contribution in [-0.4, -0.2) is 80.7 Å². The normalized spacial score (nSPS) is 16.3. The number of unbranched alkanes of at least 4 members (excludes halogenated alkanes) is 1. The van der Waals surface area contributed by atoms with Crippen molar-refractivity contribution in [3.05, 3.63) is 0 Å². The zero-order valence-corrected chi connectivity index (χ0v) is 19.0. The highest BCUT2D eigenvalue weighted by Crippen LogP contribution is 2.13. The van der Waals surface area contributed by atoms with E-state index in [1.807, 2.05) is 6.92 Å². The summed E-state index contributed by atoms with van der Waals surface area (Å²) >= 11 is 0. The van der Waals surface area contributed by atoms with Gasteiger partial charge in [0.25, 0.3) is 0 Å². The molecule has 1 heterocycles. The van der Waals surface area contributed by atoms with Gasteiger partial charge in [0.05, 0.1) is 6.61 Å². The molecule has 168 valence electrons. The molecule has 1 rings (SSSR count). The van der Waals surface area contributed by atoms with E-state index in [0.29, 0.717) is 31.6 Å². The third-order valence-corrected chi connectivity index (χ3v) is 5.33. The summed E-state index contributed by atoms with van der Waals surface area (Å²) in [5, 5.41) is 6.91. The van der Waals surface area contributed by atoms with Gasteiger partial charge in [-0.25, -0.2) is 9.79 Å². The number of nitrogens with zero attached hydrogens (tertiary/aromatic N) is 3. The van der Waals surface area contributed by atoms with Gasteiger partial charge in [-0.3, -0.25) is 4.79 Å². The van der Waals surface area contributed by atoms with Crippen molar-refractivity contribution >= 4 is 18.0 Å². The Morgan fingerprint density at radius 1 is 1.21 bits per heavy atom. The number of aliphatic imine (C=N–C) groups is 1. The van der Waals surface area contributed by atoms with Crippen LogP contribution in [0.25, 0.3) is 0 Å². The molecule has 8 heteroatoms. The number of hydrogen-bond donors (Lipinski definition) is 2. The second-order valence-corrected chi connectivity index (χ2v) is 7.85. The van der Waals surface area contributed by atoms with Crippen LogP contribution in [0.15, 0.2) is 4.99 Å². The molecule has 8 nitrogen and oxygen atoms in total. The number of nitrogens with one attached hydrogen (secondary N) is 2. The van der Waals surface area contributed by atoms with E-state index in [1.54, 1.807) is 23.9 Å². The molecule has 2 amide bonds. The summed E-state index contributed by atoms with van der Waals surface area (Å²) in [6, 6.07) is 0.220. The summed E-state index contributed by atoms with van der Waals surface area (Å²) in [6.07, 6.45) is 6.16. The van der Waals surface area contributed by atoms with Gasteiger partial charge < -0.3 is 25.2 Å². The molecule has 2 N–H and O–H groups in total. The van der Waals surface area contributed by atoms with Crippen LogP contribution >= 0.6 is 0 Å². The highest BCUT2D eigenvalue weighted by atomic mass is 16.6. The van der Waals surface area contributed by atoms with Crippen LogP contribution in [0.3, 0.4) is 0 Å². The first-order valence-corrected chi connectivity index (χ1v) is 11.1. The molecule has 1 aliphatic rings. The van der Waals surface area contributed by atoms with Crippen LogP contribution in [0.5, 0.6) is 0 Å². The van der Waals surface area contributed by atoms with Crippen molar-refractivity contribution in [1.29, 1.82) is 0 Å². The maximum atomic E-state index is 12.0. The van der Waals surface area contributed by atoms with Crippen LogP contribution in [-0.2, 0) is 9.53 Å². The second kappa shape index (κ2) is 14.1. The maximum absolute atomic E-state index is 12.0. The van der Waals surface area contributed by atoms with Crippen molar-refractivity contribution in [2.75, 3.05) is 46.9 Å². The lowest BCUT2D eigenvalue weighted by Crippen LogP contribution is -2.50. The number of likely N-dealkylation sites (tertiary alicyclic amines) is 1. The molecule has 0 saturated carbocycles. The van der Waals surface area contributed by atoms with Gasteiger partial charge in [-0.1, -0.05) is 33.1 Å². The minimum absolute atomic E-state index is 0.0266. The van der Waals surface area contributed by atoms with Crippen molar-refractivity contribution in [2.24, 2.45) is 10.9 Å². The monoisotopic (exact) mass is 411 g/mol. The molecule has 0 aliphatic carbocycles. The van der Waals surface area contributed by atoms with Crippen LogP contribution in [0, 0.1) is 5.92 Å². The highest BCUT2D eigenvalue weighted by molar-refractivity contribution is 5.85. The van der Waals surface area contributed by atoms with Gasteiger partial charge in [0, 0.05) is 39.8 Å². The smallest absolute Gasteiger partial charge is 0.409 e. The summed E-state index contributed by atoms with van der Waals surface area (Å²) in [6.45, 7) is 8.93. The Kier molecular flexibility index (Phi) is 12.1. The molecule has 1 saturated heterocycles. The number of carbonyl (C=O) groups is 2. The number of ether oxygens (including phenoxy) is 1. The fraction of sp³-hybridized carbons (Fsp3) is 0.857. The number of rotatable bonds is 10. The molecular weight excluding hydrogens is 370 g/mol. The summed E-state index contributed by atoms with van der Waals surface area (Å²) in [5.74, 6) is 1.25. The number of amides is 2. The quantitative estimate of drug-likeness (QED) is 0.426. The fourth-order valence-corrected chi connectivity index (χ4v) is 3.24. The molecule has 1 aliphatic heterocycles. The zero-order chi connectivity index (χ0) is 21.6. The Balaban J connectivity index is 2.63. The molecule has 0 aromatic heterocycles. The molecule has 0 aromatic carbocycles. The van der Waals surface area contributed by atoms with Gasteiger partial charge in [0.15, 0.2) is 5.96 Å². The fourth-order valence-electron chi connectivity index (χ4n) is 3.24. The SMILES string of the molecule is CCCCC(CC)CNC(=NCC(=O)N(C)C)NC1CCN(C(=O)OCC)CC1. The molecular formula is C21H41N5O3. The molecule has 1 atom stereocenters. The summed E-state index contributed by atoms with van der Waals surface area (Å²) in [7, 11) is 3.47. The number of piperidine rings is 1. The average molecular weight is 412 g/mol. The van der Waals surface area contributed by atoms with Crippen molar-refractivity contribution in [1.82, 2.24) is 20.4 Å². The second-order valence-electron chi connectivity index (χ2n) is 7.85. The highest BCUT2D eigenvalue weighted by Gasteiger charge is 2.24. The van der Waals surface area contributed by atoms with Crippen LogP contribution in [0.1, 0.15) is 59.3 Å². The van der Waals surface area contributed by atoms with E-state index >= 15 is 0 Å². The molecule has 29 heavy (non-hydrogen) atoms.